The van der Waals surface area contributed by atoms with Crippen molar-refractivity contribution in [2.45, 2.75) is 50.5 Å². The van der Waals surface area contributed by atoms with Crippen molar-refractivity contribution < 1.29 is 19.1 Å². The van der Waals surface area contributed by atoms with Gasteiger partial charge >= 0.3 is 5.97 Å². The molecule has 1 saturated carbocycles. The number of nitrogens with zero attached hydrogens (tertiary/aromatic N) is 2. The molecule has 0 bridgehead atoms. The van der Waals surface area contributed by atoms with Crippen LogP contribution >= 0.6 is 11.3 Å². The normalized spacial score (nSPS) is 19.5. The van der Waals surface area contributed by atoms with Crippen molar-refractivity contribution in [1.29, 1.82) is 5.26 Å². The SMILES string of the molecule is N#CC1(NC(=O)COC(=O)C2CCN(C(=O)c3cccs3)CC2)CCCCC1. The summed E-state index contributed by atoms with van der Waals surface area (Å²) < 4.78 is 5.18. The number of rotatable bonds is 5. The third-order valence-electron chi connectivity index (χ3n) is 5.49. The Hall–Kier alpha value is -2.40. The summed E-state index contributed by atoms with van der Waals surface area (Å²) >= 11 is 1.41. The standard InChI is InChI=1S/C20H25N3O4S/c21-14-20(8-2-1-3-9-20)22-17(24)13-27-19(26)15-6-10-23(11-7-15)18(25)16-5-4-12-28-16/h4-5,12,15H,1-3,6-11,13H2,(H,22,24). The summed E-state index contributed by atoms with van der Waals surface area (Å²) in [5, 5.41) is 14.0. The molecule has 1 aromatic heterocycles. The van der Waals surface area contributed by atoms with Gasteiger partial charge in [0, 0.05) is 13.1 Å². The van der Waals surface area contributed by atoms with Crippen LogP contribution in [0.5, 0.6) is 0 Å². The first kappa shape index (κ1) is 20.3. The Bertz CT molecular complexity index is 742. The van der Waals surface area contributed by atoms with E-state index >= 15 is 0 Å². The van der Waals surface area contributed by atoms with E-state index in [4.69, 9.17) is 4.74 Å². The second kappa shape index (κ2) is 9.20. The largest absolute Gasteiger partial charge is 0.455 e. The number of carbonyl (C=O) groups is 3. The van der Waals surface area contributed by atoms with Gasteiger partial charge in [-0.15, -0.1) is 11.3 Å². The lowest BCUT2D eigenvalue weighted by Crippen LogP contribution is -2.50. The average Bonchev–Trinajstić information content (AvgIpc) is 3.27. The summed E-state index contributed by atoms with van der Waals surface area (Å²) in [6, 6.07) is 5.86. The van der Waals surface area contributed by atoms with Crippen LogP contribution in [-0.2, 0) is 14.3 Å². The summed E-state index contributed by atoms with van der Waals surface area (Å²) in [6.07, 6.45) is 5.23. The molecular weight excluding hydrogens is 378 g/mol. The maximum absolute atomic E-state index is 12.3. The van der Waals surface area contributed by atoms with Gasteiger partial charge in [0.15, 0.2) is 6.61 Å². The number of hydrogen-bond acceptors (Lipinski definition) is 6. The summed E-state index contributed by atoms with van der Waals surface area (Å²) in [5.74, 6) is -1.15. The van der Waals surface area contributed by atoms with Crippen molar-refractivity contribution in [3.8, 4) is 6.07 Å². The minimum Gasteiger partial charge on any atom is -0.455 e. The first-order valence-corrected chi connectivity index (χ1v) is 10.6. The molecule has 2 heterocycles. The van der Waals surface area contributed by atoms with Gasteiger partial charge in [-0.1, -0.05) is 25.3 Å². The molecule has 0 aromatic carbocycles. The lowest BCUT2D eigenvalue weighted by atomic mass is 9.83. The molecule has 1 aromatic rings. The van der Waals surface area contributed by atoms with E-state index in [0.717, 1.165) is 19.3 Å². The zero-order valence-electron chi connectivity index (χ0n) is 15.8. The Morgan fingerprint density at radius 1 is 1.25 bits per heavy atom. The first-order chi connectivity index (χ1) is 13.5. The van der Waals surface area contributed by atoms with Crippen LogP contribution in [0.4, 0.5) is 0 Å². The summed E-state index contributed by atoms with van der Waals surface area (Å²) in [6.45, 7) is 0.636. The smallest absolute Gasteiger partial charge is 0.309 e. The number of nitrogens with one attached hydrogen (secondary N) is 1. The number of esters is 1. The number of carbonyl (C=O) groups excluding carboxylic acids is 3. The summed E-state index contributed by atoms with van der Waals surface area (Å²) in [5.41, 5.74) is -0.824. The number of thiophene rings is 1. The van der Waals surface area contributed by atoms with Crippen LogP contribution in [0.2, 0.25) is 0 Å². The number of nitriles is 1. The topological polar surface area (TPSA) is 99.5 Å². The molecule has 2 aliphatic rings. The van der Waals surface area contributed by atoms with Gasteiger partial charge in [-0.2, -0.15) is 5.26 Å². The number of hydrogen-bond donors (Lipinski definition) is 1. The molecule has 2 amide bonds. The first-order valence-electron chi connectivity index (χ1n) is 9.75. The van der Waals surface area contributed by atoms with Crippen LogP contribution in [-0.4, -0.2) is 47.9 Å². The molecule has 0 atom stereocenters. The van der Waals surface area contributed by atoms with Crippen LogP contribution in [0.15, 0.2) is 17.5 Å². The number of ether oxygens (including phenoxy) is 1. The molecule has 28 heavy (non-hydrogen) atoms. The Labute approximate surface area is 168 Å². The number of piperidine rings is 1. The Balaban J connectivity index is 1.41. The van der Waals surface area contributed by atoms with Crippen LogP contribution in [0.3, 0.4) is 0 Å². The Kier molecular flexibility index (Phi) is 6.68. The van der Waals surface area contributed by atoms with Crippen molar-refractivity contribution in [3.63, 3.8) is 0 Å². The quantitative estimate of drug-likeness (QED) is 0.762. The van der Waals surface area contributed by atoms with E-state index in [0.29, 0.717) is 43.6 Å². The molecule has 1 aliphatic carbocycles. The molecule has 1 aliphatic heterocycles. The highest BCUT2D eigenvalue weighted by atomic mass is 32.1. The molecule has 0 unspecified atom stereocenters. The average molecular weight is 404 g/mol. The molecular formula is C20H25N3O4S. The Morgan fingerprint density at radius 2 is 1.96 bits per heavy atom. The Morgan fingerprint density at radius 3 is 2.57 bits per heavy atom. The van der Waals surface area contributed by atoms with Gasteiger partial charge < -0.3 is 15.0 Å². The van der Waals surface area contributed by atoms with Crippen LogP contribution in [0, 0.1) is 17.2 Å². The van der Waals surface area contributed by atoms with Crippen LogP contribution in [0.1, 0.15) is 54.6 Å². The monoisotopic (exact) mass is 403 g/mol. The lowest BCUT2D eigenvalue weighted by molar-refractivity contribution is -0.154. The number of likely N-dealkylation sites (tertiary alicyclic amines) is 1. The highest BCUT2D eigenvalue weighted by molar-refractivity contribution is 7.12. The molecule has 3 rings (SSSR count). The second-order valence-corrected chi connectivity index (χ2v) is 8.40. The zero-order valence-corrected chi connectivity index (χ0v) is 16.6. The lowest BCUT2D eigenvalue weighted by Gasteiger charge is -2.32. The zero-order chi connectivity index (χ0) is 20.0. The highest BCUT2D eigenvalue weighted by Gasteiger charge is 2.34. The summed E-state index contributed by atoms with van der Waals surface area (Å²) in [7, 11) is 0. The van der Waals surface area contributed by atoms with Gasteiger partial charge in [0.1, 0.15) is 5.54 Å². The second-order valence-electron chi connectivity index (χ2n) is 7.45. The fourth-order valence-electron chi connectivity index (χ4n) is 3.85. The van der Waals surface area contributed by atoms with E-state index in [2.05, 4.69) is 11.4 Å². The van der Waals surface area contributed by atoms with Gasteiger partial charge in [0.05, 0.1) is 16.9 Å². The predicted molar refractivity (Wildman–Crippen MR) is 103 cm³/mol. The van der Waals surface area contributed by atoms with Crippen molar-refractivity contribution in [2.24, 2.45) is 5.92 Å². The maximum atomic E-state index is 12.3. The van der Waals surface area contributed by atoms with E-state index in [9.17, 15) is 19.6 Å². The predicted octanol–water partition coefficient (Wildman–Crippen LogP) is 2.49. The van der Waals surface area contributed by atoms with Gasteiger partial charge in [0.2, 0.25) is 0 Å². The molecule has 8 heteroatoms. The molecule has 0 radical (unpaired) electrons. The van der Waals surface area contributed by atoms with Crippen molar-refractivity contribution >= 4 is 29.1 Å². The molecule has 7 nitrogen and oxygen atoms in total. The van der Waals surface area contributed by atoms with Gasteiger partial charge in [-0.3, -0.25) is 14.4 Å². The van der Waals surface area contributed by atoms with E-state index in [1.165, 1.54) is 11.3 Å². The summed E-state index contributed by atoms with van der Waals surface area (Å²) in [4.78, 5) is 39.2. The molecule has 2 fully saturated rings. The minimum absolute atomic E-state index is 0.00419. The van der Waals surface area contributed by atoms with Gasteiger partial charge in [-0.25, -0.2) is 0 Å². The minimum atomic E-state index is -0.824. The van der Waals surface area contributed by atoms with E-state index < -0.39 is 17.4 Å². The highest BCUT2D eigenvalue weighted by Crippen LogP contribution is 2.27. The van der Waals surface area contributed by atoms with Gasteiger partial charge in [0.25, 0.3) is 11.8 Å². The maximum Gasteiger partial charge on any atom is 0.309 e. The fourth-order valence-corrected chi connectivity index (χ4v) is 4.54. The van der Waals surface area contributed by atoms with Crippen molar-refractivity contribution in [3.05, 3.63) is 22.4 Å². The van der Waals surface area contributed by atoms with Crippen LogP contribution in [0.25, 0.3) is 0 Å². The number of amides is 2. The third kappa shape index (κ3) is 4.90. The third-order valence-corrected chi connectivity index (χ3v) is 6.35. The molecule has 150 valence electrons. The molecule has 0 spiro atoms. The van der Waals surface area contributed by atoms with Crippen LogP contribution < -0.4 is 5.32 Å². The molecule has 1 saturated heterocycles. The van der Waals surface area contributed by atoms with E-state index in [-0.39, 0.29) is 18.4 Å². The molecule has 1 N–H and O–H groups in total. The fraction of sp³-hybridized carbons (Fsp3) is 0.600. The van der Waals surface area contributed by atoms with Crippen molar-refractivity contribution in [1.82, 2.24) is 10.2 Å². The van der Waals surface area contributed by atoms with Gasteiger partial charge in [-0.05, 0) is 37.1 Å². The van der Waals surface area contributed by atoms with E-state index in [1.807, 2.05) is 11.4 Å². The van der Waals surface area contributed by atoms with E-state index in [1.54, 1.807) is 11.0 Å². The van der Waals surface area contributed by atoms with Crippen molar-refractivity contribution in [2.75, 3.05) is 19.7 Å².